The molecule has 0 saturated heterocycles. The third kappa shape index (κ3) is 5.19. The minimum absolute atomic E-state index is 0.244. The standard InChI is InChI=1S/C21H20FN3O4/c1-13-10-20(25-21(23-13)14-4-6-15(22)7-5-14)29-12-19(26)24-17-9-8-16(27-2)11-18(17)28-3/h4-11H,12H2,1-3H3,(H,24,26). The van der Waals surface area contributed by atoms with Crippen molar-refractivity contribution in [2.24, 2.45) is 0 Å². The van der Waals surface area contributed by atoms with Gasteiger partial charge in [-0.3, -0.25) is 4.79 Å². The lowest BCUT2D eigenvalue weighted by Gasteiger charge is -2.12. The summed E-state index contributed by atoms with van der Waals surface area (Å²) < 4.78 is 29.0. The summed E-state index contributed by atoms with van der Waals surface area (Å²) in [6, 6.07) is 12.5. The van der Waals surface area contributed by atoms with E-state index in [1.807, 2.05) is 0 Å². The van der Waals surface area contributed by atoms with E-state index in [0.29, 0.717) is 34.3 Å². The Bertz CT molecular complexity index is 1010. The zero-order valence-corrected chi connectivity index (χ0v) is 16.2. The van der Waals surface area contributed by atoms with Crippen molar-refractivity contribution < 1.29 is 23.4 Å². The first-order valence-corrected chi connectivity index (χ1v) is 8.75. The van der Waals surface area contributed by atoms with Crippen molar-refractivity contribution in [1.29, 1.82) is 0 Å². The third-order valence-electron chi connectivity index (χ3n) is 3.97. The third-order valence-corrected chi connectivity index (χ3v) is 3.97. The summed E-state index contributed by atoms with van der Waals surface area (Å²) in [6.45, 7) is 1.53. The number of carbonyl (C=O) groups is 1. The molecule has 0 aliphatic rings. The first kappa shape index (κ1) is 20.1. The number of halogens is 1. The van der Waals surface area contributed by atoms with E-state index < -0.39 is 0 Å². The summed E-state index contributed by atoms with van der Waals surface area (Å²) in [5.41, 5.74) is 1.80. The molecule has 8 heteroatoms. The van der Waals surface area contributed by atoms with Crippen LogP contribution in [0.1, 0.15) is 5.69 Å². The Labute approximate surface area is 167 Å². The van der Waals surface area contributed by atoms with Crippen LogP contribution >= 0.6 is 0 Å². The van der Waals surface area contributed by atoms with Gasteiger partial charge in [-0.25, -0.2) is 9.37 Å². The van der Waals surface area contributed by atoms with E-state index in [1.165, 1.54) is 19.2 Å². The molecule has 0 radical (unpaired) electrons. The number of rotatable bonds is 7. The fourth-order valence-electron chi connectivity index (χ4n) is 2.57. The van der Waals surface area contributed by atoms with Crippen LogP contribution in [0.3, 0.4) is 0 Å². The molecule has 3 aromatic rings. The van der Waals surface area contributed by atoms with Gasteiger partial charge in [-0.2, -0.15) is 4.98 Å². The van der Waals surface area contributed by atoms with Gasteiger partial charge in [0.15, 0.2) is 12.4 Å². The second-order valence-electron chi connectivity index (χ2n) is 6.08. The highest BCUT2D eigenvalue weighted by Crippen LogP contribution is 2.29. The molecule has 0 aliphatic carbocycles. The predicted molar refractivity (Wildman–Crippen MR) is 106 cm³/mol. The van der Waals surface area contributed by atoms with Gasteiger partial charge in [0.25, 0.3) is 5.91 Å². The number of amides is 1. The number of hydrogen-bond acceptors (Lipinski definition) is 6. The van der Waals surface area contributed by atoms with Crippen molar-refractivity contribution in [2.45, 2.75) is 6.92 Å². The second kappa shape index (κ2) is 9.01. The van der Waals surface area contributed by atoms with E-state index in [1.54, 1.807) is 50.4 Å². The molecule has 0 aliphatic heterocycles. The zero-order chi connectivity index (χ0) is 20.8. The molecule has 2 aromatic carbocycles. The van der Waals surface area contributed by atoms with Crippen molar-refractivity contribution in [1.82, 2.24) is 9.97 Å². The molecule has 1 N–H and O–H groups in total. The van der Waals surface area contributed by atoms with Gasteiger partial charge in [0.2, 0.25) is 5.88 Å². The molecular formula is C21H20FN3O4. The maximum absolute atomic E-state index is 13.1. The highest BCUT2D eigenvalue weighted by Gasteiger charge is 2.11. The number of benzene rings is 2. The van der Waals surface area contributed by atoms with Crippen LogP contribution in [-0.4, -0.2) is 36.7 Å². The molecule has 0 bridgehead atoms. The summed E-state index contributed by atoms with van der Waals surface area (Å²) in [6.07, 6.45) is 0. The van der Waals surface area contributed by atoms with Gasteiger partial charge in [-0.15, -0.1) is 0 Å². The van der Waals surface area contributed by atoms with Crippen LogP contribution in [0, 0.1) is 12.7 Å². The first-order valence-electron chi connectivity index (χ1n) is 8.75. The van der Waals surface area contributed by atoms with E-state index in [4.69, 9.17) is 14.2 Å². The van der Waals surface area contributed by atoms with Crippen molar-refractivity contribution in [3.8, 4) is 28.8 Å². The summed E-state index contributed by atoms with van der Waals surface area (Å²) >= 11 is 0. The fourth-order valence-corrected chi connectivity index (χ4v) is 2.57. The monoisotopic (exact) mass is 397 g/mol. The van der Waals surface area contributed by atoms with E-state index in [9.17, 15) is 9.18 Å². The molecule has 0 unspecified atom stereocenters. The minimum Gasteiger partial charge on any atom is -0.497 e. The Morgan fingerprint density at radius 3 is 2.48 bits per heavy atom. The normalized spacial score (nSPS) is 10.3. The van der Waals surface area contributed by atoms with Gasteiger partial charge in [-0.05, 0) is 43.3 Å². The number of aromatic nitrogens is 2. The number of aryl methyl sites for hydroxylation is 1. The lowest BCUT2D eigenvalue weighted by atomic mass is 10.2. The Balaban J connectivity index is 1.68. The van der Waals surface area contributed by atoms with Gasteiger partial charge in [0.05, 0.1) is 19.9 Å². The summed E-state index contributed by atoms with van der Waals surface area (Å²) in [4.78, 5) is 20.9. The number of hydrogen-bond donors (Lipinski definition) is 1. The molecule has 7 nitrogen and oxygen atoms in total. The summed E-state index contributed by atoms with van der Waals surface area (Å²) in [5.74, 6) is 0.984. The van der Waals surface area contributed by atoms with Crippen molar-refractivity contribution in [3.05, 3.63) is 60.0 Å². The molecule has 0 saturated carbocycles. The quantitative estimate of drug-likeness (QED) is 0.656. The molecule has 0 atom stereocenters. The lowest BCUT2D eigenvalue weighted by molar-refractivity contribution is -0.118. The molecule has 29 heavy (non-hydrogen) atoms. The topological polar surface area (TPSA) is 82.6 Å². The lowest BCUT2D eigenvalue weighted by Crippen LogP contribution is -2.21. The van der Waals surface area contributed by atoms with Gasteiger partial charge in [0, 0.05) is 23.4 Å². The smallest absolute Gasteiger partial charge is 0.262 e. The molecule has 1 aromatic heterocycles. The maximum Gasteiger partial charge on any atom is 0.262 e. The molecular weight excluding hydrogens is 377 g/mol. The van der Waals surface area contributed by atoms with Crippen molar-refractivity contribution in [3.63, 3.8) is 0 Å². The SMILES string of the molecule is COc1ccc(NC(=O)COc2cc(C)nc(-c3ccc(F)cc3)n2)c(OC)c1. The molecule has 0 fully saturated rings. The van der Waals surface area contributed by atoms with Crippen LogP contribution in [0.5, 0.6) is 17.4 Å². The van der Waals surface area contributed by atoms with Gasteiger partial charge < -0.3 is 19.5 Å². The van der Waals surface area contributed by atoms with Gasteiger partial charge >= 0.3 is 0 Å². The van der Waals surface area contributed by atoms with Crippen molar-refractivity contribution >= 4 is 11.6 Å². The highest BCUT2D eigenvalue weighted by molar-refractivity contribution is 5.93. The number of nitrogens with zero attached hydrogens (tertiary/aromatic N) is 2. The van der Waals surface area contributed by atoms with E-state index >= 15 is 0 Å². The fraction of sp³-hybridized carbons (Fsp3) is 0.190. The maximum atomic E-state index is 13.1. The molecule has 0 spiro atoms. The van der Waals surface area contributed by atoms with Crippen LogP contribution in [0.15, 0.2) is 48.5 Å². The Morgan fingerprint density at radius 1 is 1.03 bits per heavy atom. The Kier molecular flexibility index (Phi) is 6.23. The largest absolute Gasteiger partial charge is 0.497 e. The van der Waals surface area contributed by atoms with Gasteiger partial charge in [0.1, 0.15) is 17.3 Å². The molecule has 150 valence electrons. The van der Waals surface area contributed by atoms with E-state index in [2.05, 4.69) is 15.3 Å². The second-order valence-corrected chi connectivity index (χ2v) is 6.08. The zero-order valence-electron chi connectivity index (χ0n) is 16.2. The first-order chi connectivity index (χ1) is 14.0. The number of methoxy groups -OCH3 is 2. The van der Waals surface area contributed by atoms with E-state index in [0.717, 1.165) is 0 Å². The summed E-state index contributed by atoms with van der Waals surface area (Å²) in [7, 11) is 3.05. The van der Waals surface area contributed by atoms with Crippen molar-refractivity contribution in [2.75, 3.05) is 26.1 Å². The minimum atomic E-state index is -0.381. The molecule has 3 rings (SSSR count). The van der Waals surface area contributed by atoms with Crippen LogP contribution in [-0.2, 0) is 4.79 Å². The highest BCUT2D eigenvalue weighted by atomic mass is 19.1. The van der Waals surface area contributed by atoms with Crippen LogP contribution in [0.4, 0.5) is 10.1 Å². The van der Waals surface area contributed by atoms with E-state index in [-0.39, 0.29) is 24.2 Å². The molecule has 1 heterocycles. The number of carbonyl (C=O) groups excluding carboxylic acids is 1. The summed E-state index contributed by atoms with van der Waals surface area (Å²) in [5, 5.41) is 2.72. The molecule has 1 amide bonds. The average molecular weight is 397 g/mol. The Morgan fingerprint density at radius 2 is 1.79 bits per heavy atom. The predicted octanol–water partition coefficient (Wildman–Crippen LogP) is 3.63. The van der Waals surface area contributed by atoms with Crippen LogP contribution in [0.2, 0.25) is 0 Å². The van der Waals surface area contributed by atoms with Gasteiger partial charge in [-0.1, -0.05) is 0 Å². The number of nitrogens with one attached hydrogen (secondary N) is 1. The number of ether oxygens (including phenoxy) is 3. The average Bonchev–Trinajstić information content (AvgIpc) is 2.72. The van der Waals surface area contributed by atoms with Crippen LogP contribution < -0.4 is 19.5 Å². The Hall–Kier alpha value is -3.68. The number of anilines is 1. The van der Waals surface area contributed by atoms with Crippen LogP contribution in [0.25, 0.3) is 11.4 Å².